The molecule has 0 aliphatic carbocycles. The second-order valence-corrected chi connectivity index (χ2v) is 30.7. The van der Waals surface area contributed by atoms with Crippen LogP contribution in [0.4, 0.5) is 0 Å². The van der Waals surface area contributed by atoms with Gasteiger partial charge in [0.25, 0.3) is 0 Å². The molecule has 0 unspecified atom stereocenters. The molecule has 8 heteroatoms. The van der Waals surface area contributed by atoms with Crippen molar-refractivity contribution in [1.82, 2.24) is 28.7 Å². The molecule has 4 aromatic heterocycles. The van der Waals surface area contributed by atoms with Crippen molar-refractivity contribution in [3.05, 3.63) is 340 Å². The molecule has 0 atom stereocenters. The number of benzene rings is 13. The van der Waals surface area contributed by atoms with Crippen LogP contribution in [0.1, 0.15) is 0 Å². The second-order valence-electron chi connectivity index (χ2n) is 23.0. The van der Waals surface area contributed by atoms with Crippen LogP contribution < -0.4 is 41.5 Å². The Kier molecular flexibility index (Phi) is 12.5. The molecule has 17 aromatic rings. The summed E-state index contributed by atoms with van der Waals surface area (Å²) in [7, 11) is -6.09. The van der Waals surface area contributed by atoms with Crippen molar-refractivity contribution in [3.63, 3.8) is 0 Å². The van der Waals surface area contributed by atoms with Crippen LogP contribution in [0.5, 0.6) is 0 Å². The van der Waals surface area contributed by atoms with Crippen molar-refractivity contribution >= 4 is 123 Å². The highest BCUT2D eigenvalue weighted by Crippen LogP contribution is 2.37. The highest BCUT2D eigenvalue weighted by Gasteiger charge is 2.44. The molecule has 418 valence electrons. The lowest BCUT2D eigenvalue weighted by molar-refractivity contribution is 0.892. The average Bonchev–Trinajstić information content (AvgIpc) is 1.75. The maximum Gasteiger partial charge on any atom is 0.240 e. The van der Waals surface area contributed by atoms with Crippen LogP contribution >= 0.6 is 0 Å². The fraction of sp³-hybridized carbons (Fsp3) is 0. The summed E-state index contributed by atoms with van der Waals surface area (Å²) >= 11 is 0. The normalized spacial score (nSPS) is 12.0. The number of hydrogen-bond acceptors (Lipinski definition) is 3. The van der Waals surface area contributed by atoms with E-state index in [1.807, 2.05) is 0 Å². The van der Waals surface area contributed by atoms with E-state index in [0.29, 0.717) is 17.7 Å². The van der Waals surface area contributed by atoms with Crippen LogP contribution in [0.2, 0.25) is 0 Å². The molecule has 0 aliphatic rings. The molecule has 89 heavy (non-hydrogen) atoms. The Morgan fingerprint density at radius 3 is 0.831 bits per heavy atom. The molecular weight excluding hydrogens is 1110 g/mol. The van der Waals surface area contributed by atoms with Gasteiger partial charge in [-0.15, -0.1) is 0 Å². The van der Waals surface area contributed by atoms with Gasteiger partial charge >= 0.3 is 0 Å². The first-order valence-electron chi connectivity index (χ1n) is 30.4. The van der Waals surface area contributed by atoms with Gasteiger partial charge in [0, 0.05) is 43.6 Å². The first-order valence-corrected chi connectivity index (χ1v) is 34.4. The molecule has 0 fully saturated rings. The summed E-state index contributed by atoms with van der Waals surface area (Å²) < 4.78 is 6.89. The zero-order chi connectivity index (χ0) is 58.9. The summed E-state index contributed by atoms with van der Waals surface area (Å²) in [6.45, 7) is 0. The maximum absolute atomic E-state index is 5.74. The van der Waals surface area contributed by atoms with E-state index in [4.69, 9.17) is 15.0 Å². The lowest BCUT2D eigenvalue weighted by Gasteiger charge is -2.34. The summed E-state index contributed by atoms with van der Waals surface area (Å²) in [5, 5.41) is 17.3. The van der Waals surface area contributed by atoms with Gasteiger partial charge in [0.2, 0.25) is 11.9 Å². The minimum atomic E-state index is -3.04. The molecule has 0 radical (unpaired) electrons. The second kappa shape index (κ2) is 21.3. The fourth-order valence-corrected chi connectivity index (χ4v) is 24.2. The van der Waals surface area contributed by atoms with Crippen molar-refractivity contribution in [3.8, 4) is 29.0 Å². The van der Waals surface area contributed by atoms with Gasteiger partial charge in [0.05, 0.1) is 33.1 Å². The third kappa shape index (κ3) is 8.18. The predicted octanol–water partition coefficient (Wildman–Crippen LogP) is 13.6. The third-order valence-corrected chi connectivity index (χ3v) is 28.0. The number of hydrogen-bond donors (Lipinski definition) is 0. The SMILES string of the molecule is c1ccc([Si](c2ccccc2)(c2ccccc2)c2ccc3c(c2)c2cc([Si](c4ccccc4)(c4ccccc4)c4ccccc4)ccc2n3-c2nc(-c3cccc(-n4c5ccccc5c5ccccc54)c3)nc(-n3c4ccccc4c4ccccc43)n2)cc1. The minimum absolute atomic E-state index is 0.519. The quantitative estimate of drug-likeness (QED) is 0.0905. The maximum atomic E-state index is 5.74. The number of fused-ring (bicyclic) bond motifs is 9. The van der Waals surface area contributed by atoms with Crippen LogP contribution in [0.3, 0.4) is 0 Å². The van der Waals surface area contributed by atoms with Crippen LogP contribution in [0.15, 0.2) is 340 Å². The molecule has 0 bridgehead atoms. The molecule has 4 heterocycles. The molecule has 0 spiro atoms. The summed E-state index contributed by atoms with van der Waals surface area (Å²) in [6, 6.07) is 125. The summed E-state index contributed by atoms with van der Waals surface area (Å²) in [5.74, 6) is 1.61. The number of rotatable bonds is 12. The van der Waals surface area contributed by atoms with E-state index in [1.54, 1.807) is 0 Å². The number of nitrogens with zero attached hydrogens (tertiary/aromatic N) is 6. The van der Waals surface area contributed by atoms with Gasteiger partial charge in [-0.25, -0.2) is 0 Å². The van der Waals surface area contributed by atoms with E-state index >= 15 is 0 Å². The Labute approximate surface area is 517 Å². The Hall–Kier alpha value is -11.3. The smallest absolute Gasteiger partial charge is 0.240 e. The monoisotopic (exact) mass is 1170 g/mol. The van der Waals surface area contributed by atoms with Crippen LogP contribution in [-0.4, -0.2) is 44.8 Å². The Morgan fingerprint density at radius 2 is 0.494 bits per heavy atom. The van der Waals surface area contributed by atoms with E-state index in [0.717, 1.165) is 65.9 Å². The lowest BCUT2D eigenvalue weighted by Crippen LogP contribution is -2.74. The van der Waals surface area contributed by atoms with Crippen molar-refractivity contribution in [1.29, 1.82) is 0 Å². The first-order chi connectivity index (χ1) is 44.2. The zero-order valence-corrected chi connectivity index (χ0v) is 50.5. The Balaban J connectivity index is 0.993. The molecule has 6 nitrogen and oxygen atoms in total. The molecule has 0 saturated heterocycles. The van der Waals surface area contributed by atoms with Gasteiger partial charge in [0.15, 0.2) is 22.0 Å². The van der Waals surface area contributed by atoms with Gasteiger partial charge in [-0.1, -0.05) is 291 Å². The van der Waals surface area contributed by atoms with Gasteiger partial charge in [0.1, 0.15) is 0 Å². The van der Waals surface area contributed by atoms with E-state index in [2.05, 4.69) is 353 Å². The van der Waals surface area contributed by atoms with Crippen LogP contribution in [0, 0.1) is 0 Å². The Bertz CT molecular complexity index is 5010. The summed E-state index contributed by atoms with van der Waals surface area (Å²) in [6.07, 6.45) is 0. The van der Waals surface area contributed by atoms with Gasteiger partial charge in [-0.05, 0) is 90.0 Å². The van der Waals surface area contributed by atoms with Crippen molar-refractivity contribution in [2.45, 2.75) is 0 Å². The summed E-state index contributed by atoms with van der Waals surface area (Å²) in [5.41, 5.74) is 8.17. The number of aromatic nitrogens is 6. The minimum Gasteiger partial charge on any atom is -0.309 e. The predicted molar refractivity (Wildman–Crippen MR) is 376 cm³/mol. The standard InChI is InChI=1S/C81H56N6Si2/c1-7-30-59(31-8-1)88(60-32-9-2-10-33-60,61-34-11-3-12-35-61)65-50-52-77-71(55-65)72-56-66(89(62-36-13-4-14-37-62,63-38-15-5-16-39-63)64-40-17-6-18-41-64)51-53-78(72)87(77)81-83-79(82-80(84-81)86-75-48-25-21-44-69(75)70-45-22-26-49-76(70)86)57-28-27-29-58(54-57)85-73-46-23-19-42-67(73)68-43-20-24-47-74(68)85/h1-56H. The van der Waals surface area contributed by atoms with Gasteiger partial charge < -0.3 is 4.57 Å². The molecule has 0 amide bonds. The zero-order valence-electron chi connectivity index (χ0n) is 48.5. The highest BCUT2D eigenvalue weighted by molar-refractivity contribution is 7.20. The van der Waals surface area contributed by atoms with Crippen LogP contribution in [0.25, 0.3) is 94.4 Å². The fourth-order valence-electron chi connectivity index (χ4n) is 14.6. The van der Waals surface area contributed by atoms with Gasteiger partial charge in [-0.2, -0.15) is 15.0 Å². The molecule has 0 aliphatic heterocycles. The topological polar surface area (TPSA) is 53.5 Å². The van der Waals surface area contributed by atoms with Gasteiger partial charge in [-0.3, -0.25) is 9.13 Å². The van der Waals surface area contributed by atoms with Crippen molar-refractivity contribution in [2.24, 2.45) is 0 Å². The Morgan fingerprint density at radius 1 is 0.202 bits per heavy atom. The van der Waals surface area contributed by atoms with E-state index < -0.39 is 16.1 Å². The molecular formula is C81H56N6Si2. The lowest BCUT2D eigenvalue weighted by atomic mass is 10.1. The van der Waals surface area contributed by atoms with Crippen molar-refractivity contribution < 1.29 is 0 Å². The average molecular weight is 1170 g/mol. The molecule has 17 rings (SSSR count). The van der Waals surface area contributed by atoms with E-state index in [9.17, 15) is 0 Å². The molecule has 0 N–H and O–H groups in total. The third-order valence-electron chi connectivity index (χ3n) is 18.4. The summed E-state index contributed by atoms with van der Waals surface area (Å²) in [4.78, 5) is 17.1. The highest BCUT2D eigenvalue weighted by atomic mass is 28.3. The molecule has 0 saturated carbocycles. The largest absolute Gasteiger partial charge is 0.309 e. The molecule has 13 aromatic carbocycles. The van der Waals surface area contributed by atoms with Crippen molar-refractivity contribution in [2.75, 3.05) is 0 Å². The van der Waals surface area contributed by atoms with Crippen LogP contribution in [-0.2, 0) is 0 Å². The first kappa shape index (κ1) is 52.1. The van der Waals surface area contributed by atoms with E-state index in [-0.39, 0.29) is 0 Å². The number of para-hydroxylation sites is 4. The van der Waals surface area contributed by atoms with E-state index in [1.165, 1.54) is 52.3 Å².